The highest BCUT2D eigenvalue weighted by Crippen LogP contribution is 2.09. The van der Waals surface area contributed by atoms with Crippen molar-refractivity contribution in [2.75, 3.05) is 33.3 Å². The Balaban J connectivity index is 5.33. The summed E-state index contributed by atoms with van der Waals surface area (Å²) < 4.78 is 4.84. The van der Waals surface area contributed by atoms with Crippen LogP contribution in [0.5, 0.6) is 0 Å². The number of aliphatic hydroxyl groups excluding tert-OH is 4. The second kappa shape index (κ2) is 27.2. The number of carboxylic acid groups (broad SMARTS) is 1. The number of methoxy groups -OCH3 is 1. The Bertz CT molecular complexity index is 1070. The van der Waals surface area contributed by atoms with Gasteiger partial charge in [0.25, 0.3) is 11.8 Å². The van der Waals surface area contributed by atoms with Crippen LogP contribution >= 0.6 is 0 Å². The Morgan fingerprint density at radius 2 is 1.08 bits per heavy atom. The van der Waals surface area contributed by atoms with Crippen molar-refractivity contribution in [3.8, 4) is 0 Å². The highest BCUT2D eigenvalue weighted by Gasteiger charge is 2.37. The van der Waals surface area contributed by atoms with Crippen LogP contribution in [0, 0.1) is 0 Å². The average molecular weight is 740 g/mol. The van der Waals surface area contributed by atoms with E-state index in [2.05, 4.69) is 38.5 Å². The van der Waals surface area contributed by atoms with Gasteiger partial charge in [-0.2, -0.15) is 0 Å². The van der Waals surface area contributed by atoms with Crippen LogP contribution in [0.15, 0.2) is 0 Å². The number of carbonyl (C=O) groups is 6. The van der Waals surface area contributed by atoms with Gasteiger partial charge >= 0.3 is 11.9 Å². The molecule has 0 spiro atoms. The van der Waals surface area contributed by atoms with Crippen LogP contribution in [-0.4, -0.2) is 143 Å². The molecule has 4 amide bonds. The van der Waals surface area contributed by atoms with Crippen LogP contribution < -0.4 is 44.2 Å². The molecular weight excluding hydrogens is 676 g/mol. The van der Waals surface area contributed by atoms with Crippen molar-refractivity contribution in [2.24, 2.45) is 5.73 Å². The summed E-state index contributed by atoms with van der Waals surface area (Å²) in [6.07, 6.45) is -3.62. The molecule has 20 nitrogen and oxygen atoms in total. The van der Waals surface area contributed by atoms with Gasteiger partial charge in [0.1, 0.15) is 30.3 Å². The van der Waals surface area contributed by atoms with Gasteiger partial charge < -0.3 is 74.5 Å². The van der Waals surface area contributed by atoms with Crippen molar-refractivity contribution in [1.29, 1.82) is 0 Å². The number of esters is 1. The molecule has 8 atom stereocenters. The highest BCUT2D eigenvalue weighted by atomic mass is 16.5. The Morgan fingerprint density at radius 1 is 0.627 bits per heavy atom. The molecule has 0 radical (unpaired) electrons. The Hall–Kier alpha value is -3.50. The zero-order valence-electron chi connectivity index (χ0n) is 29.7. The third kappa shape index (κ3) is 19.1. The van der Waals surface area contributed by atoms with E-state index < -0.39 is 84.2 Å². The van der Waals surface area contributed by atoms with Crippen molar-refractivity contribution in [2.45, 2.75) is 126 Å². The van der Waals surface area contributed by atoms with Crippen molar-refractivity contribution >= 4 is 35.6 Å². The first-order chi connectivity index (χ1) is 24.2. The van der Waals surface area contributed by atoms with Gasteiger partial charge in [0.2, 0.25) is 11.8 Å². The van der Waals surface area contributed by atoms with Gasteiger partial charge in [0, 0.05) is 13.0 Å². The lowest BCUT2D eigenvalue weighted by atomic mass is 10.0. The van der Waals surface area contributed by atoms with E-state index in [4.69, 9.17) is 15.6 Å². The number of nitrogens with two attached hydrogens (primary N) is 1. The first-order valence-electron chi connectivity index (χ1n) is 17.5. The number of aliphatic hydroxyl groups is 4. The summed E-state index contributed by atoms with van der Waals surface area (Å²) in [5.41, 5.74) is 17.1. The molecule has 0 aromatic heterocycles. The molecule has 0 heterocycles. The standard InChI is InChI=1S/C31H60N8O12/c1-51-31(50)21(13-4-8-16-34)39-28(46)20(12-3-7-15-33)38-27(45)19(11-2-6-14-32)37-26(44)18(35)10-5-9-17-36-29(47)24(42)22(40)23(41)25(43)30(48)49/h18-25,40-43H,2-17,32-35H2,1H3,(H,36,47)(H,37,44)(H,38,45)(H,39,46)(H,48,49)/p+3/t18-,19-,20-,21?,22+,23-,24-,25+/m0/s1. The maximum Gasteiger partial charge on any atom is 0.335 e. The summed E-state index contributed by atoms with van der Waals surface area (Å²) in [6.45, 7) is 1.66. The number of carboxylic acids is 1. The lowest BCUT2D eigenvalue weighted by Crippen LogP contribution is -2.69. The number of hydrogen-bond donors (Lipinski definition) is 13. The van der Waals surface area contributed by atoms with E-state index in [9.17, 15) is 49.2 Å². The van der Waals surface area contributed by atoms with Crippen LogP contribution in [0.1, 0.15) is 77.0 Å². The Morgan fingerprint density at radius 3 is 1.57 bits per heavy atom. The number of nitrogens with one attached hydrogen (secondary N) is 4. The van der Waals surface area contributed by atoms with Gasteiger partial charge in [-0.15, -0.1) is 0 Å². The van der Waals surface area contributed by atoms with E-state index >= 15 is 0 Å². The zero-order valence-corrected chi connectivity index (χ0v) is 29.7. The molecule has 0 aliphatic rings. The van der Waals surface area contributed by atoms with Crippen molar-refractivity contribution < 1.29 is 76.2 Å². The van der Waals surface area contributed by atoms with Crippen LogP contribution in [0.2, 0.25) is 0 Å². The van der Waals surface area contributed by atoms with Gasteiger partial charge in [-0.25, -0.2) is 9.59 Å². The second-order valence-corrected chi connectivity index (χ2v) is 12.4. The quantitative estimate of drug-likeness (QED) is 0.0251. The second-order valence-electron chi connectivity index (χ2n) is 12.4. The largest absolute Gasteiger partial charge is 0.479 e. The fraction of sp³-hybridized carbons (Fsp3) is 0.806. The number of ether oxygens (including phenoxy) is 1. The number of carbonyl (C=O) groups excluding carboxylic acids is 5. The topological polar surface area (TPSA) is 370 Å². The van der Waals surface area contributed by atoms with Crippen molar-refractivity contribution in [3.63, 3.8) is 0 Å². The maximum atomic E-state index is 13.5. The molecule has 0 saturated carbocycles. The predicted molar refractivity (Wildman–Crippen MR) is 179 cm³/mol. The molecule has 51 heavy (non-hydrogen) atoms. The number of amides is 4. The zero-order chi connectivity index (χ0) is 38.9. The lowest BCUT2D eigenvalue weighted by molar-refractivity contribution is -0.405. The van der Waals surface area contributed by atoms with Crippen LogP contribution in [0.25, 0.3) is 0 Å². The van der Waals surface area contributed by atoms with Crippen LogP contribution in [-0.2, 0) is 33.5 Å². The van der Waals surface area contributed by atoms with Crippen molar-refractivity contribution in [3.05, 3.63) is 0 Å². The monoisotopic (exact) mass is 739 g/mol. The van der Waals surface area contributed by atoms with Gasteiger partial charge in [-0.1, -0.05) is 0 Å². The third-order valence-corrected chi connectivity index (χ3v) is 8.17. The molecular formula is C31H63N8O12+3. The van der Waals surface area contributed by atoms with E-state index in [1.54, 1.807) is 0 Å². The number of unbranched alkanes of at least 4 members (excludes halogenated alkanes) is 4. The fourth-order valence-electron chi connectivity index (χ4n) is 4.94. The number of hydrogen-bond acceptors (Lipinski definition) is 12. The molecule has 296 valence electrons. The smallest absolute Gasteiger partial charge is 0.335 e. The number of rotatable bonds is 29. The molecule has 0 fully saturated rings. The van der Waals surface area contributed by atoms with Crippen LogP contribution in [0.4, 0.5) is 0 Å². The SMILES string of the molecule is COC(=O)C(CCCCN)NC(=O)[C@H](CCCC[NH3+])NC(=O)[C@H](CCCC[NH3+])NC(=O)[C@@H]([NH3+])CCCCNC(=O)[C@@H](O)[C@H](O)[C@H](O)[C@@H](O)C(=O)O. The van der Waals surface area contributed by atoms with Gasteiger partial charge in [-0.3, -0.25) is 19.2 Å². The predicted octanol–water partition coefficient (Wildman–Crippen LogP) is -7.01. The molecule has 1 unspecified atom stereocenters. The summed E-state index contributed by atoms with van der Waals surface area (Å²) in [6, 6.07) is -3.70. The minimum atomic E-state index is -2.41. The molecule has 20 N–H and O–H groups in total. The average Bonchev–Trinajstić information content (AvgIpc) is 3.11. The summed E-state index contributed by atoms with van der Waals surface area (Å²) in [5.74, 6) is -5.21. The van der Waals surface area contributed by atoms with E-state index in [1.165, 1.54) is 7.11 Å². The number of aliphatic carboxylic acids is 1. The van der Waals surface area contributed by atoms with Crippen LogP contribution in [0.3, 0.4) is 0 Å². The molecule has 20 heteroatoms. The summed E-state index contributed by atoms with van der Waals surface area (Å²) >= 11 is 0. The maximum absolute atomic E-state index is 13.5. The molecule has 0 saturated heterocycles. The molecule has 0 aliphatic carbocycles. The minimum Gasteiger partial charge on any atom is -0.479 e. The van der Waals surface area contributed by atoms with E-state index in [0.717, 1.165) is 0 Å². The fourth-order valence-corrected chi connectivity index (χ4v) is 4.94. The Kier molecular flexibility index (Phi) is 25.3. The first kappa shape index (κ1) is 47.5. The first-order valence-corrected chi connectivity index (χ1v) is 17.5. The van der Waals surface area contributed by atoms with Gasteiger partial charge in [0.15, 0.2) is 18.2 Å². The molecule has 0 bridgehead atoms. The van der Waals surface area contributed by atoms with E-state index in [-0.39, 0.29) is 25.8 Å². The van der Waals surface area contributed by atoms with E-state index in [0.29, 0.717) is 77.4 Å². The molecule has 0 aromatic rings. The number of quaternary nitrogens is 3. The van der Waals surface area contributed by atoms with E-state index in [1.807, 2.05) is 0 Å². The minimum absolute atomic E-state index is 0.00792. The van der Waals surface area contributed by atoms with Gasteiger partial charge in [-0.05, 0) is 77.2 Å². The Labute approximate surface area is 297 Å². The molecule has 0 aromatic carbocycles. The van der Waals surface area contributed by atoms with Gasteiger partial charge in [0.05, 0.1) is 20.2 Å². The summed E-state index contributed by atoms with van der Waals surface area (Å²) in [5, 5.41) is 57.8. The highest BCUT2D eigenvalue weighted by molar-refractivity contribution is 5.94. The van der Waals surface area contributed by atoms with Crippen molar-refractivity contribution in [1.82, 2.24) is 21.3 Å². The summed E-state index contributed by atoms with van der Waals surface area (Å²) in [4.78, 5) is 75.1. The molecule has 0 rings (SSSR count). The lowest BCUT2D eigenvalue weighted by Gasteiger charge is -2.25. The summed E-state index contributed by atoms with van der Waals surface area (Å²) in [7, 11) is 1.22. The molecule has 0 aliphatic heterocycles. The third-order valence-electron chi connectivity index (χ3n) is 8.17. The normalized spacial score (nSPS) is 15.9.